The fraction of sp³-hybridized carbons (Fsp3) is 0.250. The van der Waals surface area contributed by atoms with Crippen molar-refractivity contribution in [3.63, 3.8) is 0 Å². The van der Waals surface area contributed by atoms with Crippen LogP contribution in [0.25, 0.3) is 0 Å². The molecular formula is C16H16ClN3O3S. The minimum absolute atomic E-state index is 0.0259. The molecule has 0 radical (unpaired) electrons. The van der Waals surface area contributed by atoms with Gasteiger partial charge in [0.1, 0.15) is 6.04 Å². The molecule has 0 aliphatic heterocycles. The van der Waals surface area contributed by atoms with Gasteiger partial charge in [-0.1, -0.05) is 53.7 Å². The summed E-state index contributed by atoms with van der Waals surface area (Å²) < 4.78 is 4.77. The van der Waals surface area contributed by atoms with Crippen molar-refractivity contribution in [2.45, 2.75) is 17.6 Å². The van der Waals surface area contributed by atoms with E-state index in [-0.39, 0.29) is 10.7 Å². The Kier molecular flexibility index (Phi) is 6.57. The molecule has 1 heterocycles. The first-order valence-corrected chi connectivity index (χ1v) is 8.64. The van der Waals surface area contributed by atoms with Crippen LogP contribution in [0.1, 0.15) is 16.1 Å². The van der Waals surface area contributed by atoms with Gasteiger partial charge in [-0.3, -0.25) is 4.79 Å². The Labute approximate surface area is 149 Å². The second-order valence-corrected chi connectivity index (χ2v) is 5.97. The zero-order chi connectivity index (χ0) is 17.5. The molecule has 0 bridgehead atoms. The molecule has 1 N–H and O–H groups in total. The molecule has 1 atom stereocenters. The number of carbonyl (C=O) groups excluding carboxylic acids is 2. The smallest absolute Gasteiger partial charge is 0.328 e. The van der Waals surface area contributed by atoms with Crippen LogP contribution in [0.15, 0.2) is 41.7 Å². The standard InChI is InChI=1S/C16H16ClN3O3S/c1-23-15(22)12(8-10-6-4-3-5-7-10)19-14(21)13-11(17)9-18-16(20-13)24-2/h3-7,9,12H,8H2,1-2H3,(H,19,21)/t12-/m1/s1. The van der Waals surface area contributed by atoms with Crippen LogP contribution in [0, 0.1) is 0 Å². The van der Waals surface area contributed by atoms with Gasteiger partial charge in [0.05, 0.1) is 18.3 Å². The molecule has 0 unspecified atom stereocenters. The van der Waals surface area contributed by atoms with Gasteiger partial charge in [0.15, 0.2) is 10.9 Å². The summed E-state index contributed by atoms with van der Waals surface area (Å²) in [5.74, 6) is -1.09. The van der Waals surface area contributed by atoms with Crippen molar-refractivity contribution in [1.29, 1.82) is 0 Å². The largest absolute Gasteiger partial charge is 0.467 e. The molecule has 126 valence electrons. The van der Waals surface area contributed by atoms with Crippen LogP contribution in [0.2, 0.25) is 5.02 Å². The van der Waals surface area contributed by atoms with E-state index in [0.29, 0.717) is 11.6 Å². The maximum Gasteiger partial charge on any atom is 0.328 e. The molecule has 0 saturated heterocycles. The first-order valence-electron chi connectivity index (χ1n) is 7.04. The van der Waals surface area contributed by atoms with Crippen molar-refractivity contribution < 1.29 is 14.3 Å². The van der Waals surface area contributed by atoms with Crippen LogP contribution in [-0.4, -0.2) is 41.3 Å². The zero-order valence-electron chi connectivity index (χ0n) is 13.2. The number of nitrogens with one attached hydrogen (secondary N) is 1. The number of ether oxygens (including phenoxy) is 1. The molecule has 1 amide bonds. The number of aromatic nitrogens is 2. The number of esters is 1. The van der Waals surface area contributed by atoms with E-state index in [4.69, 9.17) is 16.3 Å². The van der Waals surface area contributed by atoms with E-state index in [1.54, 1.807) is 6.26 Å². The number of hydrogen-bond donors (Lipinski definition) is 1. The van der Waals surface area contributed by atoms with E-state index in [1.165, 1.54) is 25.1 Å². The lowest BCUT2D eigenvalue weighted by Gasteiger charge is -2.16. The van der Waals surface area contributed by atoms with Crippen LogP contribution < -0.4 is 5.32 Å². The molecule has 8 heteroatoms. The normalized spacial score (nSPS) is 11.6. The van der Waals surface area contributed by atoms with Crippen molar-refractivity contribution in [2.75, 3.05) is 13.4 Å². The Bertz CT molecular complexity index is 728. The number of methoxy groups -OCH3 is 1. The second kappa shape index (κ2) is 8.65. The topological polar surface area (TPSA) is 81.2 Å². The van der Waals surface area contributed by atoms with Crippen LogP contribution in [0.3, 0.4) is 0 Å². The summed E-state index contributed by atoms with van der Waals surface area (Å²) >= 11 is 7.28. The molecule has 0 aliphatic carbocycles. The molecule has 2 rings (SSSR count). The van der Waals surface area contributed by atoms with Gasteiger partial charge in [0, 0.05) is 6.42 Å². The number of hydrogen-bond acceptors (Lipinski definition) is 6. The Morgan fingerprint density at radius 3 is 2.67 bits per heavy atom. The Morgan fingerprint density at radius 2 is 2.04 bits per heavy atom. The number of halogens is 1. The molecule has 24 heavy (non-hydrogen) atoms. The molecule has 0 aliphatic rings. The van der Waals surface area contributed by atoms with Gasteiger partial charge >= 0.3 is 5.97 Å². The fourth-order valence-electron chi connectivity index (χ4n) is 2.02. The number of thioether (sulfide) groups is 1. The Hall–Kier alpha value is -2.12. The summed E-state index contributed by atoms with van der Waals surface area (Å²) in [6.07, 6.45) is 3.45. The lowest BCUT2D eigenvalue weighted by Crippen LogP contribution is -2.43. The Morgan fingerprint density at radius 1 is 1.33 bits per heavy atom. The average molecular weight is 366 g/mol. The molecule has 6 nitrogen and oxygen atoms in total. The third-order valence-electron chi connectivity index (χ3n) is 3.19. The highest BCUT2D eigenvalue weighted by Crippen LogP contribution is 2.17. The van der Waals surface area contributed by atoms with Crippen LogP contribution in [0.5, 0.6) is 0 Å². The summed E-state index contributed by atoms with van der Waals surface area (Å²) in [7, 11) is 1.27. The molecule has 0 saturated carbocycles. The maximum absolute atomic E-state index is 12.5. The molecule has 0 fully saturated rings. The fourth-order valence-corrected chi connectivity index (χ4v) is 2.54. The highest BCUT2D eigenvalue weighted by atomic mass is 35.5. The van der Waals surface area contributed by atoms with Gasteiger partial charge in [0.25, 0.3) is 5.91 Å². The van der Waals surface area contributed by atoms with E-state index >= 15 is 0 Å². The monoisotopic (exact) mass is 365 g/mol. The van der Waals surface area contributed by atoms with Crippen molar-refractivity contribution in [1.82, 2.24) is 15.3 Å². The van der Waals surface area contributed by atoms with E-state index in [2.05, 4.69) is 15.3 Å². The summed E-state index contributed by atoms with van der Waals surface area (Å²) in [6.45, 7) is 0. The summed E-state index contributed by atoms with van der Waals surface area (Å²) in [6, 6.07) is 8.49. The third kappa shape index (κ3) is 4.69. The van der Waals surface area contributed by atoms with Crippen LogP contribution in [0.4, 0.5) is 0 Å². The van der Waals surface area contributed by atoms with E-state index in [9.17, 15) is 9.59 Å². The molecule has 1 aromatic carbocycles. The van der Waals surface area contributed by atoms with Gasteiger partial charge < -0.3 is 10.1 Å². The lowest BCUT2D eigenvalue weighted by molar-refractivity contribution is -0.142. The first-order chi connectivity index (χ1) is 11.5. The predicted octanol–water partition coefficient (Wildman–Crippen LogP) is 2.37. The van der Waals surface area contributed by atoms with Gasteiger partial charge in [-0.25, -0.2) is 14.8 Å². The van der Waals surface area contributed by atoms with Crippen LogP contribution in [-0.2, 0) is 16.0 Å². The number of rotatable bonds is 6. The van der Waals surface area contributed by atoms with Crippen molar-refractivity contribution in [3.05, 3.63) is 52.8 Å². The van der Waals surface area contributed by atoms with Crippen molar-refractivity contribution in [2.24, 2.45) is 0 Å². The van der Waals surface area contributed by atoms with Gasteiger partial charge in [-0.15, -0.1) is 0 Å². The minimum atomic E-state index is -0.839. The van der Waals surface area contributed by atoms with Crippen molar-refractivity contribution in [3.8, 4) is 0 Å². The average Bonchev–Trinajstić information content (AvgIpc) is 2.61. The highest BCUT2D eigenvalue weighted by molar-refractivity contribution is 7.98. The number of nitrogens with zero attached hydrogens (tertiary/aromatic N) is 2. The van der Waals surface area contributed by atoms with E-state index in [1.807, 2.05) is 30.3 Å². The summed E-state index contributed by atoms with van der Waals surface area (Å²) in [5, 5.41) is 3.16. The second-order valence-electron chi connectivity index (χ2n) is 4.79. The van der Waals surface area contributed by atoms with Gasteiger partial charge in [0.2, 0.25) is 0 Å². The van der Waals surface area contributed by atoms with E-state index in [0.717, 1.165) is 5.56 Å². The lowest BCUT2D eigenvalue weighted by atomic mass is 10.1. The van der Waals surface area contributed by atoms with Gasteiger partial charge in [-0.2, -0.15) is 0 Å². The first kappa shape index (κ1) is 18.2. The summed E-state index contributed by atoms with van der Waals surface area (Å²) in [5.41, 5.74) is 0.921. The minimum Gasteiger partial charge on any atom is -0.467 e. The molecular weight excluding hydrogens is 350 g/mol. The van der Waals surface area contributed by atoms with Crippen molar-refractivity contribution >= 4 is 35.2 Å². The maximum atomic E-state index is 12.5. The summed E-state index contributed by atoms with van der Waals surface area (Å²) in [4.78, 5) is 32.5. The number of benzene rings is 1. The zero-order valence-corrected chi connectivity index (χ0v) is 14.7. The molecule has 2 aromatic rings. The third-order valence-corrected chi connectivity index (χ3v) is 4.03. The van der Waals surface area contributed by atoms with Gasteiger partial charge in [-0.05, 0) is 11.8 Å². The highest BCUT2D eigenvalue weighted by Gasteiger charge is 2.24. The number of carbonyl (C=O) groups is 2. The Balaban J connectivity index is 2.20. The molecule has 0 spiro atoms. The van der Waals surface area contributed by atoms with E-state index < -0.39 is 17.9 Å². The number of amides is 1. The molecule has 1 aromatic heterocycles. The predicted molar refractivity (Wildman–Crippen MR) is 92.2 cm³/mol. The quantitative estimate of drug-likeness (QED) is 0.481. The SMILES string of the molecule is COC(=O)[C@@H](Cc1ccccc1)NC(=O)c1nc(SC)ncc1Cl. The van der Waals surface area contributed by atoms with Crippen LogP contribution >= 0.6 is 23.4 Å².